The fraction of sp³-hybridized carbons (Fsp3) is 0.474. The number of aromatic amines is 1. The van der Waals surface area contributed by atoms with Crippen LogP contribution < -0.4 is 0 Å². The lowest BCUT2D eigenvalue weighted by atomic mass is 9.94. The van der Waals surface area contributed by atoms with E-state index in [4.69, 9.17) is 4.74 Å². The Morgan fingerprint density at radius 1 is 1.33 bits per heavy atom. The fourth-order valence-electron chi connectivity index (χ4n) is 3.92. The molecule has 5 heteroatoms. The summed E-state index contributed by atoms with van der Waals surface area (Å²) in [5, 5.41) is 7.36. The molecule has 5 nitrogen and oxygen atoms in total. The van der Waals surface area contributed by atoms with E-state index in [2.05, 4.69) is 35.3 Å². The number of rotatable bonds is 1. The quantitative estimate of drug-likeness (QED) is 0.877. The molecule has 3 heterocycles. The maximum Gasteiger partial charge on any atom is 0.274 e. The van der Waals surface area contributed by atoms with Crippen LogP contribution >= 0.6 is 0 Å². The van der Waals surface area contributed by atoms with Gasteiger partial charge in [0, 0.05) is 25.1 Å². The van der Waals surface area contributed by atoms with Crippen molar-refractivity contribution in [1.82, 2.24) is 15.1 Å². The predicted octanol–water partition coefficient (Wildman–Crippen LogP) is 2.94. The third kappa shape index (κ3) is 2.44. The summed E-state index contributed by atoms with van der Waals surface area (Å²) < 4.78 is 5.82. The van der Waals surface area contributed by atoms with Crippen molar-refractivity contribution in [3.8, 4) is 0 Å². The lowest BCUT2D eigenvalue weighted by Gasteiger charge is -2.30. The van der Waals surface area contributed by atoms with Gasteiger partial charge in [-0.1, -0.05) is 18.2 Å². The highest BCUT2D eigenvalue weighted by molar-refractivity contribution is 5.94. The minimum Gasteiger partial charge on any atom is -0.369 e. The number of benzene rings is 1. The van der Waals surface area contributed by atoms with Crippen molar-refractivity contribution >= 4 is 5.91 Å². The van der Waals surface area contributed by atoms with Gasteiger partial charge in [-0.15, -0.1) is 0 Å². The van der Waals surface area contributed by atoms with Crippen molar-refractivity contribution in [3.63, 3.8) is 0 Å². The van der Waals surface area contributed by atoms with E-state index in [-0.39, 0.29) is 18.1 Å². The van der Waals surface area contributed by atoms with Gasteiger partial charge in [0.2, 0.25) is 0 Å². The van der Waals surface area contributed by atoms with Gasteiger partial charge in [0.15, 0.2) is 5.69 Å². The smallest absolute Gasteiger partial charge is 0.274 e. The molecule has 0 radical (unpaired) electrons. The standard InChI is InChI=1S/C19H23N3O2/c1-11-5-4-6-14-7-8-22(10-16(11)14)19(23)18-15-9-12(2)24-13(3)17(15)20-21-18/h4-6,12-13H,7-10H2,1-3H3,(H,20,21)/t12-,13+/m1/s1. The molecule has 1 amide bonds. The average Bonchev–Trinajstić information content (AvgIpc) is 2.98. The Morgan fingerprint density at radius 3 is 3.00 bits per heavy atom. The minimum absolute atomic E-state index is 0.0303. The van der Waals surface area contributed by atoms with Crippen molar-refractivity contribution in [2.75, 3.05) is 6.54 Å². The topological polar surface area (TPSA) is 58.2 Å². The van der Waals surface area contributed by atoms with Crippen LogP contribution in [0.2, 0.25) is 0 Å². The number of amides is 1. The molecule has 126 valence electrons. The first-order valence-corrected chi connectivity index (χ1v) is 8.64. The second-order valence-corrected chi connectivity index (χ2v) is 6.95. The molecular formula is C19H23N3O2. The van der Waals surface area contributed by atoms with E-state index in [1.165, 1.54) is 16.7 Å². The Hall–Kier alpha value is -2.14. The summed E-state index contributed by atoms with van der Waals surface area (Å²) in [5.74, 6) is 0.0303. The summed E-state index contributed by atoms with van der Waals surface area (Å²) in [7, 11) is 0. The highest BCUT2D eigenvalue weighted by Crippen LogP contribution is 2.31. The van der Waals surface area contributed by atoms with Crippen molar-refractivity contribution in [3.05, 3.63) is 51.8 Å². The van der Waals surface area contributed by atoms with Crippen LogP contribution in [0.15, 0.2) is 18.2 Å². The number of fused-ring (bicyclic) bond motifs is 2. The number of carbonyl (C=O) groups excluding carboxylic acids is 1. The zero-order valence-corrected chi connectivity index (χ0v) is 14.4. The number of hydrogen-bond donors (Lipinski definition) is 1. The van der Waals surface area contributed by atoms with Crippen LogP contribution in [-0.2, 0) is 24.1 Å². The van der Waals surface area contributed by atoms with Crippen LogP contribution in [-0.4, -0.2) is 33.7 Å². The SMILES string of the molecule is Cc1cccc2c1CN(C(=O)c1n[nH]c3c1C[C@@H](C)O[C@H]3C)CC2. The molecule has 0 bridgehead atoms. The highest BCUT2D eigenvalue weighted by Gasteiger charge is 2.32. The molecule has 1 aromatic carbocycles. The molecule has 2 aliphatic rings. The Balaban J connectivity index is 1.63. The molecule has 4 rings (SSSR count). The molecular weight excluding hydrogens is 302 g/mol. The molecule has 0 spiro atoms. The lowest BCUT2D eigenvalue weighted by molar-refractivity contribution is -0.00702. The number of hydrogen-bond acceptors (Lipinski definition) is 3. The molecule has 1 N–H and O–H groups in total. The minimum atomic E-state index is -0.0397. The molecule has 0 unspecified atom stereocenters. The number of carbonyl (C=O) groups is 1. The first-order chi connectivity index (χ1) is 11.5. The summed E-state index contributed by atoms with van der Waals surface area (Å²) in [6.45, 7) is 7.58. The number of H-pyrrole nitrogens is 1. The largest absolute Gasteiger partial charge is 0.369 e. The number of ether oxygens (including phenoxy) is 1. The Bertz CT molecular complexity index is 796. The predicted molar refractivity (Wildman–Crippen MR) is 90.9 cm³/mol. The van der Waals surface area contributed by atoms with Crippen LogP contribution in [0, 0.1) is 6.92 Å². The molecule has 2 aliphatic heterocycles. The van der Waals surface area contributed by atoms with Gasteiger partial charge in [0.25, 0.3) is 5.91 Å². The molecule has 1 aromatic heterocycles. The number of aromatic nitrogens is 2. The van der Waals surface area contributed by atoms with Crippen molar-refractivity contribution in [2.24, 2.45) is 0 Å². The van der Waals surface area contributed by atoms with Gasteiger partial charge in [-0.2, -0.15) is 5.10 Å². The molecule has 0 saturated carbocycles. The van der Waals surface area contributed by atoms with Crippen LogP contribution in [0.4, 0.5) is 0 Å². The second kappa shape index (κ2) is 5.74. The monoisotopic (exact) mass is 325 g/mol. The van der Waals surface area contributed by atoms with Gasteiger partial charge in [-0.3, -0.25) is 9.89 Å². The molecule has 0 saturated heterocycles. The second-order valence-electron chi connectivity index (χ2n) is 6.95. The van der Waals surface area contributed by atoms with E-state index in [1.807, 2.05) is 18.7 Å². The van der Waals surface area contributed by atoms with Gasteiger partial charge < -0.3 is 9.64 Å². The van der Waals surface area contributed by atoms with Gasteiger partial charge in [0.1, 0.15) is 0 Å². The Morgan fingerprint density at radius 2 is 2.17 bits per heavy atom. The van der Waals surface area contributed by atoms with Gasteiger partial charge in [0.05, 0.1) is 17.9 Å². The summed E-state index contributed by atoms with van der Waals surface area (Å²) in [4.78, 5) is 15.0. The van der Waals surface area contributed by atoms with E-state index in [0.29, 0.717) is 12.2 Å². The third-order valence-electron chi connectivity index (χ3n) is 5.23. The van der Waals surface area contributed by atoms with E-state index in [9.17, 15) is 4.79 Å². The summed E-state index contributed by atoms with van der Waals surface area (Å²) in [5.41, 5.74) is 6.45. The molecule has 24 heavy (non-hydrogen) atoms. The molecule has 2 aromatic rings. The van der Waals surface area contributed by atoms with E-state index in [1.54, 1.807) is 0 Å². The lowest BCUT2D eigenvalue weighted by Crippen LogP contribution is -2.37. The first kappa shape index (κ1) is 15.4. The third-order valence-corrected chi connectivity index (χ3v) is 5.23. The zero-order chi connectivity index (χ0) is 16.8. The van der Waals surface area contributed by atoms with Crippen molar-refractivity contribution in [2.45, 2.75) is 52.4 Å². The van der Waals surface area contributed by atoms with Crippen LogP contribution in [0.1, 0.15) is 58.4 Å². The fourth-order valence-corrected chi connectivity index (χ4v) is 3.92. The first-order valence-electron chi connectivity index (χ1n) is 8.64. The van der Waals surface area contributed by atoms with Gasteiger partial charge in [-0.25, -0.2) is 0 Å². The molecule has 0 fully saturated rings. The van der Waals surface area contributed by atoms with Crippen LogP contribution in [0.5, 0.6) is 0 Å². The van der Waals surface area contributed by atoms with Crippen molar-refractivity contribution < 1.29 is 9.53 Å². The number of nitrogens with one attached hydrogen (secondary N) is 1. The Labute approximate surface area is 142 Å². The average molecular weight is 325 g/mol. The van der Waals surface area contributed by atoms with Gasteiger partial charge >= 0.3 is 0 Å². The highest BCUT2D eigenvalue weighted by atomic mass is 16.5. The molecule has 2 atom stereocenters. The summed E-state index contributed by atoms with van der Waals surface area (Å²) in [6, 6.07) is 6.38. The maximum absolute atomic E-state index is 13.1. The zero-order valence-electron chi connectivity index (χ0n) is 14.4. The number of nitrogens with zero attached hydrogens (tertiary/aromatic N) is 2. The molecule has 0 aliphatic carbocycles. The van der Waals surface area contributed by atoms with E-state index in [0.717, 1.165) is 30.6 Å². The van der Waals surface area contributed by atoms with Gasteiger partial charge in [-0.05, 0) is 43.9 Å². The van der Waals surface area contributed by atoms with Crippen LogP contribution in [0.25, 0.3) is 0 Å². The summed E-state index contributed by atoms with van der Waals surface area (Å²) >= 11 is 0. The normalized spacial score (nSPS) is 22.9. The maximum atomic E-state index is 13.1. The number of aryl methyl sites for hydroxylation is 1. The van der Waals surface area contributed by atoms with Crippen molar-refractivity contribution in [1.29, 1.82) is 0 Å². The van der Waals surface area contributed by atoms with E-state index < -0.39 is 0 Å². The summed E-state index contributed by atoms with van der Waals surface area (Å²) in [6.07, 6.45) is 1.72. The van der Waals surface area contributed by atoms with E-state index >= 15 is 0 Å². The van der Waals surface area contributed by atoms with Crippen LogP contribution in [0.3, 0.4) is 0 Å². The Kier molecular flexibility index (Phi) is 3.68.